The molecule has 0 aliphatic heterocycles. The number of carbonyl (C=O) groups excluding carboxylic acids is 1. The first-order chi connectivity index (χ1) is 13.1. The SMILES string of the molecule is C=CCn1c(SCC(=O)Nc2ccc(Br)cc2F)nnc1-c1ccccc1. The fourth-order valence-corrected chi connectivity index (χ4v) is 3.48. The Bertz CT molecular complexity index is 962. The number of rotatable bonds is 7. The number of halogens is 2. The molecule has 3 aromatic rings. The van der Waals surface area contributed by atoms with E-state index in [9.17, 15) is 9.18 Å². The molecule has 2 aromatic carbocycles. The number of amides is 1. The first-order valence-electron chi connectivity index (χ1n) is 8.05. The molecule has 1 amide bonds. The summed E-state index contributed by atoms with van der Waals surface area (Å²) >= 11 is 4.42. The van der Waals surface area contributed by atoms with Gasteiger partial charge in [-0.3, -0.25) is 9.36 Å². The summed E-state index contributed by atoms with van der Waals surface area (Å²) in [5.41, 5.74) is 1.07. The zero-order valence-corrected chi connectivity index (χ0v) is 16.6. The third-order valence-electron chi connectivity index (χ3n) is 3.60. The van der Waals surface area contributed by atoms with Crippen molar-refractivity contribution in [3.05, 3.63) is 71.5 Å². The van der Waals surface area contributed by atoms with Crippen molar-refractivity contribution >= 4 is 39.3 Å². The van der Waals surface area contributed by atoms with E-state index >= 15 is 0 Å². The van der Waals surface area contributed by atoms with Crippen LogP contribution in [-0.2, 0) is 11.3 Å². The maximum absolute atomic E-state index is 13.8. The number of thioether (sulfide) groups is 1. The highest BCUT2D eigenvalue weighted by Gasteiger charge is 2.15. The number of benzene rings is 2. The van der Waals surface area contributed by atoms with E-state index in [4.69, 9.17) is 0 Å². The molecule has 0 radical (unpaired) electrons. The van der Waals surface area contributed by atoms with Gasteiger partial charge in [-0.15, -0.1) is 16.8 Å². The predicted octanol–water partition coefficient (Wildman–Crippen LogP) is 4.76. The third-order valence-corrected chi connectivity index (χ3v) is 5.06. The molecule has 0 bridgehead atoms. The average Bonchev–Trinajstić information content (AvgIpc) is 3.06. The number of hydrogen-bond acceptors (Lipinski definition) is 4. The first-order valence-corrected chi connectivity index (χ1v) is 9.83. The Hall–Kier alpha value is -2.45. The van der Waals surface area contributed by atoms with Crippen molar-refractivity contribution in [2.45, 2.75) is 11.7 Å². The summed E-state index contributed by atoms with van der Waals surface area (Å²) in [6.07, 6.45) is 1.75. The van der Waals surface area contributed by atoms with Gasteiger partial charge >= 0.3 is 0 Å². The second-order valence-electron chi connectivity index (χ2n) is 5.53. The van der Waals surface area contributed by atoms with Gasteiger partial charge in [0.15, 0.2) is 11.0 Å². The minimum Gasteiger partial charge on any atom is -0.323 e. The van der Waals surface area contributed by atoms with Crippen LogP contribution >= 0.6 is 27.7 Å². The van der Waals surface area contributed by atoms with Crippen LogP contribution in [0.3, 0.4) is 0 Å². The number of allylic oxidation sites excluding steroid dienone is 1. The minimum absolute atomic E-state index is 0.0829. The van der Waals surface area contributed by atoms with Gasteiger partial charge in [0.2, 0.25) is 5.91 Å². The van der Waals surface area contributed by atoms with Crippen LogP contribution in [0, 0.1) is 5.82 Å². The maximum atomic E-state index is 13.8. The van der Waals surface area contributed by atoms with Gasteiger partial charge in [0.1, 0.15) is 5.82 Å². The molecule has 0 saturated heterocycles. The second-order valence-corrected chi connectivity index (χ2v) is 7.39. The van der Waals surface area contributed by atoms with Crippen molar-refractivity contribution in [1.82, 2.24) is 14.8 Å². The Morgan fingerprint density at radius 1 is 1.26 bits per heavy atom. The van der Waals surface area contributed by atoms with Crippen LogP contribution < -0.4 is 5.32 Å². The van der Waals surface area contributed by atoms with Crippen molar-refractivity contribution in [1.29, 1.82) is 0 Å². The second kappa shape index (κ2) is 8.96. The molecule has 1 aromatic heterocycles. The van der Waals surface area contributed by atoms with E-state index in [1.54, 1.807) is 12.1 Å². The van der Waals surface area contributed by atoms with Gasteiger partial charge in [0, 0.05) is 16.6 Å². The predicted molar refractivity (Wildman–Crippen MR) is 109 cm³/mol. The molecule has 1 N–H and O–H groups in total. The topological polar surface area (TPSA) is 59.8 Å². The van der Waals surface area contributed by atoms with Gasteiger partial charge in [0.05, 0.1) is 11.4 Å². The molecule has 0 saturated carbocycles. The van der Waals surface area contributed by atoms with Gasteiger partial charge in [-0.05, 0) is 18.2 Å². The highest BCUT2D eigenvalue weighted by atomic mass is 79.9. The normalized spacial score (nSPS) is 10.6. The van der Waals surface area contributed by atoms with Crippen LogP contribution in [0.1, 0.15) is 0 Å². The fraction of sp³-hybridized carbons (Fsp3) is 0.105. The monoisotopic (exact) mass is 446 g/mol. The van der Waals surface area contributed by atoms with Gasteiger partial charge in [-0.1, -0.05) is 64.1 Å². The van der Waals surface area contributed by atoms with Crippen molar-refractivity contribution in [3.63, 3.8) is 0 Å². The summed E-state index contributed by atoms with van der Waals surface area (Å²) < 4.78 is 16.3. The zero-order valence-electron chi connectivity index (χ0n) is 14.2. The molecule has 27 heavy (non-hydrogen) atoms. The van der Waals surface area contributed by atoms with E-state index in [1.807, 2.05) is 34.9 Å². The molecule has 0 aliphatic rings. The van der Waals surface area contributed by atoms with Crippen LogP contribution in [0.25, 0.3) is 11.4 Å². The lowest BCUT2D eigenvalue weighted by Gasteiger charge is -2.08. The molecule has 0 spiro atoms. The molecule has 1 heterocycles. The molecule has 0 atom stereocenters. The number of aromatic nitrogens is 3. The van der Waals surface area contributed by atoms with Crippen molar-refractivity contribution in [2.75, 3.05) is 11.1 Å². The largest absolute Gasteiger partial charge is 0.323 e. The van der Waals surface area contributed by atoms with Crippen molar-refractivity contribution < 1.29 is 9.18 Å². The Labute approximate surface area is 168 Å². The van der Waals surface area contributed by atoms with Gasteiger partial charge in [-0.2, -0.15) is 0 Å². The van der Waals surface area contributed by atoms with Crippen LogP contribution in [0.15, 0.2) is 70.8 Å². The zero-order chi connectivity index (χ0) is 19.2. The Morgan fingerprint density at radius 3 is 2.74 bits per heavy atom. The number of hydrogen-bond donors (Lipinski definition) is 1. The maximum Gasteiger partial charge on any atom is 0.234 e. The molecule has 8 heteroatoms. The lowest BCUT2D eigenvalue weighted by molar-refractivity contribution is -0.113. The molecule has 5 nitrogen and oxygen atoms in total. The molecular weight excluding hydrogens is 431 g/mol. The Morgan fingerprint density at radius 2 is 2.04 bits per heavy atom. The Balaban J connectivity index is 1.71. The number of nitrogens with one attached hydrogen (secondary N) is 1. The van der Waals surface area contributed by atoms with E-state index in [1.165, 1.54) is 23.9 Å². The standard InChI is InChI=1S/C19H16BrFN4OS/c1-2-10-25-18(13-6-4-3-5-7-13)23-24-19(25)27-12-17(26)22-16-9-8-14(20)11-15(16)21/h2-9,11H,1,10,12H2,(H,22,26). The fourth-order valence-electron chi connectivity index (χ4n) is 2.40. The van der Waals surface area contributed by atoms with E-state index in [0.29, 0.717) is 22.0 Å². The first kappa shape index (κ1) is 19.3. The number of anilines is 1. The lowest BCUT2D eigenvalue weighted by Crippen LogP contribution is -2.15. The summed E-state index contributed by atoms with van der Waals surface area (Å²) in [5.74, 6) is -0.0311. The van der Waals surface area contributed by atoms with Gasteiger partial charge in [-0.25, -0.2) is 4.39 Å². The van der Waals surface area contributed by atoms with Gasteiger partial charge < -0.3 is 5.32 Å². The van der Waals surface area contributed by atoms with Crippen LogP contribution in [-0.4, -0.2) is 26.4 Å². The van der Waals surface area contributed by atoms with E-state index < -0.39 is 5.82 Å². The molecule has 3 rings (SSSR count). The number of carbonyl (C=O) groups is 1. The lowest BCUT2D eigenvalue weighted by atomic mass is 10.2. The van der Waals surface area contributed by atoms with E-state index in [-0.39, 0.29) is 17.3 Å². The molecule has 138 valence electrons. The van der Waals surface area contributed by atoms with Crippen LogP contribution in [0.2, 0.25) is 0 Å². The van der Waals surface area contributed by atoms with Crippen LogP contribution in [0.5, 0.6) is 0 Å². The molecule has 0 fully saturated rings. The third kappa shape index (κ3) is 4.84. The highest BCUT2D eigenvalue weighted by Crippen LogP contribution is 2.24. The van der Waals surface area contributed by atoms with Crippen molar-refractivity contribution in [2.24, 2.45) is 0 Å². The molecule has 0 unspecified atom stereocenters. The summed E-state index contributed by atoms with van der Waals surface area (Å²) in [5, 5.41) is 11.6. The average molecular weight is 447 g/mol. The summed E-state index contributed by atoms with van der Waals surface area (Å²) in [6, 6.07) is 14.1. The smallest absolute Gasteiger partial charge is 0.234 e. The van der Waals surface area contributed by atoms with Crippen LogP contribution in [0.4, 0.5) is 10.1 Å². The van der Waals surface area contributed by atoms with Gasteiger partial charge in [0.25, 0.3) is 0 Å². The summed E-state index contributed by atoms with van der Waals surface area (Å²) in [6.45, 7) is 4.29. The highest BCUT2D eigenvalue weighted by molar-refractivity contribution is 9.10. The Kier molecular flexibility index (Phi) is 6.41. The quantitative estimate of drug-likeness (QED) is 0.419. The minimum atomic E-state index is -0.496. The van der Waals surface area contributed by atoms with Crippen molar-refractivity contribution in [3.8, 4) is 11.4 Å². The van der Waals surface area contributed by atoms with E-state index in [0.717, 1.165) is 5.56 Å². The number of nitrogens with zero attached hydrogens (tertiary/aromatic N) is 3. The molecular formula is C19H16BrFN4OS. The van der Waals surface area contributed by atoms with E-state index in [2.05, 4.69) is 38.0 Å². The summed E-state index contributed by atoms with van der Waals surface area (Å²) in [7, 11) is 0. The molecule has 0 aliphatic carbocycles. The summed E-state index contributed by atoms with van der Waals surface area (Å²) in [4.78, 5) is 12.2.